The SMILES string of the molecule is COP(=O)(CC(=O)[C@@H](C)CC(C)C)OC. The quantitative estimate of drug-likeness (QED) is 0.638. The first-order chi connectivity index (χ1) is 6.84. The standard InChI is InChI=1S/C10H21O4P/c1-8(2)6-9(3)10(11)7-15(12,13-4)14-5/h8-9H,6-7H2,1-5H3/t9-/m0/s1. The molecule has 15 heavy (non-hydrogen) atoms. The van der Waals surface area contributed by atoms with Crippen molar-refractivity contribution in [2.45, 2.75) is 27.2 Å². The Morgan fingerprint density at radius 2 is 1.67 bits per heavy atom. The molecule has 0 aromatic carbocycles. The summed E-state index contributed by atoms with van der Waals surface area (Å²) < 4.78 is 21.1. The molecule has 0 aliphatic rings. The second-order valence-corrected chi connectivity index (χ2v) is 6.40. The van der Waals surface area contributed by atoms with E-state index in [-0.39, 0.29) is 17.9 Å². The fraction of sp³-hybridized carbons (Fsp3) is 0.900. The van der Waals surface area contributed by atoms with E-state index < -0.39 is 7.60 Å². The maximum absolute atomic E-state index is 11.7. The summed E-state index contributed by atoms with van der Waals surface area (Å²) in [5, 5.41) is 0. The minimum atomic E-state index is -3.18. The highest BCUT2D eigenvalue weighted by molar-refractivity contribution is 7.54. The second-order valence-electron chi connectivity index (χ2n) is 4.13. The molecule has 0 amide bonds. The van der Waals surface area contributed by atoms with Gasteiger partial charge in [-0.15, -0.1) is 0 Å². The Morgan fingerprint density at radius 1 is 1.20 bits per heavy atom. The van der Waals surface area contributed by atoms with Crippen LogP contribution in [0.5, 0.6) is 0 Å². The van der Waals surface area contributed by atoms with Crippen LogP contribution in [-0.2, 0) is 18.4 Å². The number of carbonyl (C=O) groups excluding carboxylic acids is 1. The Balaban J connectivity index is 4.29. The monoisotopic (exact) mass is 236 g/mol. The molecule has 0 bridgehead atoms. The highest BCUT2D eigenvalue weighted by Crippen LogP contribution is 2.46. The third kappa shape index (κ3) is 5.45. The van der Waals surface area contributed by atoms with Crippen molar-refractivity contribution in [3.8, 4) is 0 Å². The Hall–Kier alpha value is -0.180. The summed E-state index contributed by atoms with van der Waals surface area (Å²) in [6, 6.07) is 0. The third-order valence-corrected chi connectivity index (χ3v) is 4.09. The Labute approximate surface area is 91.9 Å². The molecule has 0 radical (unpaired) electrons. The van der Waals surface area contributed by atoms with Gasteiger partial charge in [-0.1, -0.05) is 20.8 Å². The molecule has 0 saturated heterocycles. The van der Waals surface area contributed by atoms with Gasteiger partial charge >= 0.3 is 7.60 Å². The molecule has 0 saturated carbocycles. The van der Waals surface area contributed by atoms with Crippen molar-refractivity contribution in [1.29, 1.82) is 0 Å². The molecule has 0 aliphatic carbocycles. The van der Waals surface area contributed by atoms with E-state index in [4.69, 9.17) is 9.05 Å². The minimum absolute atomic E-state index is 0.0595. The molecule has 90 valence electrons. The van der Waals surface area contributed by atoms with Gasteiger partial charge in [0.25, 0.3) is 0 Å². The zero-order chi connectivity index (χ0) is 12.1. The van der Waals surface area contributed by atoms with Gasteiger partial charge in [-0.3, -0.25) is 9.36 Å². The first kappa shape index (κ1) is 14.8. The van der Waals surface area contributed by atoms with Gasteiger partial charge in [0, 0.05) is 20.1 Å². The van der Waals surface area contributed by atoms with Gasteiger partial charge in [0.2, 0.25) is 0 Å². The van der Waals surface area contributed by atoms with Crippen LogP contribution in [0.25, 0.3) is 0 Å². The van der Waals surface area contributed by atoms with E-state index in [9.17, 15) is 9.36 Å². The van der Waals surface area contributed by atoms with Crippen LogP contribution in [0.3, 0.4) is 0 Å². The van der Waals surface area contributed by atoms with Crippen LogP contribution in [0.2, 0.25) is 0 Å². The van der Waals surface area contributed by atoms with E-state index in [1.807, 2.05) is 6.92 Å². The second kappa shape index (κ2) is 6.41. The average Bonchev–Trinajstić information content (AvgIpc) is 2.16. The van der Waals surface area contributed by atoms with Crippen molar-refractivity contribution in [2.75, 3.05) is 20.4 Å². The first-order valence-electron chi connectivity index (χ1n) is 5.08. The molecule has 0 rings (SSSR count). The van der Waals surface area contributed by atoms with Crippen molar-refractivity contribution in [3.63, 3.8) is 0 Å². The van der Waals surface area contributed by atoms with E-state index in [0.717, 1.165) is 6.42 Å². The number of rotatable bonds is 7. The Kier molecular flexibility index (Phi) is 6.34. The topological polar surface area (TPSA) is 52.6 Å². The normalized spacial score (nSPS) is 14.3. The molecular formula is C10H21O4P. The molecule has 0 spiro atoms. The van der Waals surface area contributed by atoms with E-state index in [0.29, 0.717) is 5.92 Å². The number of Topliss-reactive ketones (excluding diaryl/α,β-unsaturated/α-hetero) is 1. The predicted octanol–water partition coefficient (Wildman–Crippen LogP) is 2.72. The smallest absolute Gasteiger partial charge is 0.312 e. The Bertz CT molecular complexity index is 242. The van der Waals surface area contributed by atoms with Crippen LogP contribution in [0.1, 0.15) is 27.2 Å². The van der Waals surface area contributed by atoms with Crippen LogP contribution in [0.4, 0.5) is 0 Å². The van der Waals surface area contributed by atoms with Gasteiger partial charge in [-0.25, -0.2) is 0 Å². The molecule has 5 heteroatoms. The van der Waals surface area contributed by atoms with Gasteiger partial charge in [-0.2, -0.15) is 0 Å². The lowest BCUT2D eigenvalue weighted by Crippen LogP contribution is -2.18. The summed E-state index contributed by atoms with van der Waals surface area (Å²) in [4.78, 5) is 11.7. The van der Waals surface area contributed by atoms with Crippen LogP contribution in [0.15, 0.2) is 0 Å². The zero-order valence-electron chi connectivity index (χ0n) is 10.1. The molecule has 0 aromatic rings. The number of ketones is 1. The summed E-state index contributed by atoms with van der Waals surface area (Å²) in [6.07, 6.45) is 0.667. The molecule has 0 aromatic heterocycles. The van der Waals surface area contributed by atoms with Gasteiger partial charge in [0.1, 0.15) is 11.9 Å². The van der Waals surface area contributed by atoms with Crippen molar-refractivity contribution in [1.82, 2.24) is 0 Å². The molecule has 0 aliphatic heterocycles. The average molecular weight is 236 g/mol. The highest BCUT2D eigenvalue weighted by Gasteiger charge is 2.28. The minimum Gasteiger partial charge on any atom is -0.312 e. The zero-order valence-corrected chi connectivity index (χ0v) is 11.0. The molecule has 0 heterocycles. The molecule has 4 nitrogen and oxygen atoms in total. The summed E-state index contributed by atoms with van der Waals surface area (Å²) in [5.41, 5.74) is 0. The van der Waals surface area contributed by atoms with Crippen LogP contribution < -0.4 is 0 Å². The van der Waals surface area contributed by atoms with Crippen molar-refractivity contribution < 1.29 is 18.4 Å². The fourth-order valence-corrected chi connectivity index (χ4v) is 2.49. The number of hydrogen-bond donors (Lipinski definition) is 0. The Morgan fingerprint density at radius 3 is 2.00 bits per heavy atom. The van der Waals surface area contributed by atoms with Crippen LogP contribution in [-0.4, -0.2) is 26.2 Å². The molecule has 1 atom stereocenters. The summed E-state index contributed by atoms with van der Waals surface area (Å²) in [7, 11) is -0.592. The van der Waals surface area contributed by atoms with Crippen molar-refractivity contribution in [2.24, 2.45) is 11.8 Å². The molecule has 0 unspecified atom stereocenters. The van der Waals surface area contributed by atoms with Gasteiger partial charge in [-0.05, 0) is 12.3 Å². The molecule has 0 fully saturated rings. The summed E-state index contributed by atoms with van der Waals surface area (Å²) >= 11 is 0. The highest BCUT2D eigenvalue weighted by atomic mass is 31.2. The lowest BCUT2D eigenvalue weighted by Gasteiger charge is -2.16. The lowest BCUT2D eigenvalue weighted by atomic mass is 9.96. The van der Waals surface area contributed by atoms with Gasteiger partial charge < -0.3 is 9.05 Å². The van der Waals surface area contributed by atoms with Crippen molar-refractivity contribution >= 4 is 13.4 Å². The number of hydrogen-bond acceptors (Lipinski definition) is 4. The van der Waals surface area contributed by atoms with Gasteiger partial charge in [0.15, 0.2) is 0 Å². The van der Waals surface area contributed by atoms with Crippen LogP contribution in [0, 0.1) is 11.8 Å². The van der Waals surface area contributed by atoms with Crippen molar-refractivity contribution in [3.05, 3.63) is 0 Å². The maximum Gasteiger partial charge on any atom is 0.337 e. The molecule has 0 N–H and O–H groups in total. The summed E-state index contributed by atoms with van der Waals surface area (Å²) in [5.74, 6) is 0.299. The van der Waals surface area contributed by atoms with E-state index >= 15 is 0 Å². The molecular weight excluding hydrogens is 215 g/mol. The van der Waals surface area contributed by atoms with E-state index in [1.165, 1.54) is 14.2 Å². The van der Waals surface area contributed by atoms with Crippen LogP contribution >= 0.6 is 7.60 Å². The lowest BCUT2D eigenvalue weighted by molar-refractivity contribution is -0.120. The largest absolute Gasteiger partial charge is 0.337 e. The summed E-state index contributed by atoms with van der Waals surface area (Å²) in [6.45, 7) is 5.95. The van der Waals surface area contributed by atoms with Gasteiger partial charge in [0.05, 0.1) is 0 Å². The fourth-order valence-electron chi connectivity index (χ4n) is 1.39. The van der Waals surface area contributed by atoms with E-state index in [2.05, 4.69) is 13.8 Å². The first-order valence-corrected chi connectivity index (χ1v) is 6.80. The van der Waals surface area contributed by atoms with E-state index in [1.54, 1.807) is 0 Å². The third-order valence-electron chi connectivity index (χ3n) is 2.28. The number of carbonyl (C=O) groups is 1. The maximum atomic E-state index is 11.7. The predicted molar refractivity (Wildman–Crippen MR) is 60.1 cm³/mol.